The van der Waals surface area contributed by atoms with Crippen molar-refractivity contribution in [1.29, 1.82) is 0 Å². The molecule has 1 radical (unpaired) electrons. The van der Waals surface area contributed by atoms with Gasteiger partial charge in [-0.05, 0) is 24.5 Å². The zero-order chi connectivity index (χ0) is 10.9. The van der Waals surface area contributed by atoms with E-state index in [9.17, 15) is 4.79 Å². The lowest BCUT2D eigenvalue weighted by atomic mass is 10.1. The van der Waals surface area contributed by atoms with Crippen LogP contribution < -0.4 is 0 Å². The fourth-order valence-corrected chi connectivity index (χ4v) is 1.22. The maximum atomic E-state index is 11.2. The SMILES string of the molecule is CCCCOC(=O)CC=C1[C]=CC=CC1. The Morgan fingerprint density at radius 3 is 3.20 bits per heavy atom. The second-order valence-electron chi connectivity index (χ2n) is 3.45. The van der Waals surface area contributed by atoms with Crippen molar-refractivity contribution in [2.75, 3.05) is 6.61 Å². The molecule has 1 aliphatic rings. The van der Waals surface area contributed by atoms with E-state index in [0.717, 1.165) is 24.8 Å². The Balaban J connectivity index is 2.21. The molecule has 0 bridgehead atoms. The summed E-state index contributed by atoms with van der Waals surface area (Å²) >= 11 is 0. The third-order valence-corrected chi connectivity index (χ3v) is 2.11. The maximum absolute atomic E-state index is 11.2. The van der Waals surface area contributed by atoms with Gasteiger partial charge in [0.25, 0.3) is 0 Å². The van der Waals surface area contributed by atoms with E-state index < -0.39 is 0 Å². The van der Waals surface area contributed by atoms with Gasteiger partial charge in [-0.15, -0.1) is 0 Å². The van der Waals surface area contributed by atoms with Crippen molar-refractivity contribution < 1.29 is 9.53 Å². The van der Waals surface area contributed by atoms with Gasteiger partial charge in [-0.3, -0.25) is 4.79 Å². The third kappa shape index (κ3) is 5.21. The van der Waals surface area contributed by atoms with Crippen LogP contribution in [-0.4, -0.2) is 12.6 Å². The first-order chi connectivity index (χ1) is 7.33. The van der Waals surface area contributed by atoms with E-state index in [4.69, 9.17) is 4.74 Å². The van der Waals surface area contributed by atoms with Crippen LogP contribution in [0.25, 0.3) is 0 Å². The molecule has 1 aliphatic carbocycles. The van der Waals surface area contributed by atoms with E-state index in [0.29, 0.717) is 13.0 Å². The van der Waals surface area contributed by atoms with Crippen LogP contribution in [-0.2, 0) is 9.53 Å². The first-order valence-electron chi connectivity index (χ1n) is 5.42. The van der Waals surface area contributed by atoms with Gasteiger partial charge in [-0.25, -0.2) is 0 Å². The van der Waals surface area contributed by atoms with Crippen molar-refractivity contribution in [3.05, 3.63) is 36.0 Å². The molecule has 0 aliphatic heterocycles. The summed E-state index contributed by atoms with van der Waals surface area (Å²) in [6, 6.07) is 0. The number of hydrogen-bond acceptors (Lipinski definition) is 2. The van der Waals surface area contributed by atoms with Gasteiger partial charge in [-0.1, -0.05) is 37.6 Å². The van der Waals surface area contributed by atoms with Crippen LogP contribution in [0.15, 0.2) is 29.9 Å². The maximum Gasteiger partial charge on any atom is 0.309 e. The molecule has 0 N–H and O–H groups in total. The summed E-state index contributed by atoms with van der Waals surface area (Å²) in [6.45, 7) is 2.61. The van der Waals surface area contributed by atoms with Crippen LogP contribution in [0, 0.1) is 6.08 Å². The first-order valence-corrected chi connectivity index (χ1v) is 5.42. The fraction of sp³-hybridized carbons (Fsp3) is 0.462. The topological polar surface area (TPSA) is 26.3 Å². The Morgan fingerprint density at radius 2 is 2.53 bits per heavy atom. The minimum Gasteiger partial charge on any atom is -0.465 e. The molecule has 0 saturated carbocycles. The highest BCUT2D eigenvalue weighted by Crippen LogP contribution is 2.09. The summed E-state index contributed by atoms with van der Waals surface area (Å²) in [5.74, 6) is -0.146. The summed E-state index contributed by atoms with van der Waals surface area (Å²) in [6.07, 6.45) is 14.0. The molecule has 2 heteroatoms. The van der Waals surface area contributed by atoms with Gasteiger partial charge in [0.05, 0.1) is 13.0 Å². The molecule has 0 amide bonds. The van der Waals surface area contributed by atoms with Crippen LogP contribution in [0.1, 0.15) is 32.6 Å². The lowest BCUT2D eigenvalue weighted by Gasteiger charge is -2.03. The zero-order valence-electron chi connectivity index (χ0n) is 9.16. The predicted octanol–water partition coefficient (Wildman–Crippen LogP) is 2.97. The minimum atomic E-state index is -0.146. The van der Waals surface area contributed by atoms with Gasteiger partial charge >= 0.3 is 5.97 Å². The van der Waals surface area contributed by atoms with Crippen LogP contribution in [0.3, 0.4) is 0 Å². The highest BCUT2D eigenvalue weighted by Gasteiger charge is 2.01. The van der Waals surface area contributed by atoms with Crippen molar-refractivity contribution in [2.45, 2.75) is 32.6 Å². The molecule has 0 aromatic carbocycles. The first kappa shape index (κ1) is 11.8. The molecule has 2 nitrogen and oxygen atoms in total. The largest absolute Gasteiger partial charge is 0.465 e. The molecule has 0 aromatic rings. The summed E-state index contributed by atoms with van der Waals surface area (Å²) in [4.78, 5) is 11.2. The van der Waals surface area contributed by atoms with E-state index in [1.54, 1.807) is 0 Å². The van der Waals surface area contributed by atoms with Crippen LogP contribution in [0.5, 0.6) is 0 Å². The van der Waals surface area contributed by atoms with Crippen molar-refractivity contribution in [1.82, 2.24) is 0 Å². The number of rotatable bonds is 5. The van der Waals surface area contributed by atoms with E-state index in [1.165, 1.54) is 0 Å². The lowest BCUT2D eigenvalue weighted by molar-refractivity contribution is -0.142. The minimum absolute atomic E-state index is 0.146. The summed E-state index contributed by atoms with van der Waals surface area (Å²) < 4.78 is 5.03. The molecule has 15 heavy (non-hydrogen) atoms. The molecule has 0 atom stereocenters. The Morgan fingerprint density at radius 1 is 1.67 bits per heavy atom. The molecule has 0 heterocycles. The molecule has 0 saturated heterocycles. The van der Waals surface area contributed by atoms with E-state index >= 15 is 0 Å². The smallest absolute Gasteiger partial charge is 0.309 e. The molecular formula is C13H17O2. The average Bonchev–Trinajstić information content (AvgIpc) is 2.28. The summed E-state index contributed by atoms with van der Waals surface area (Å²) in [5, 5.41) is 0. The number of unbranched alkanes of at least 4 members (excludes halogenated alkanes) is 1. The van der Waals surface area contributed by atoms with E-state index in [-0.39, 0.29) is 5.97 Å². The number of carbonyl (C=O) groups excluding carboxylic acids is 1. The van der Waals surface area contributed by atoms with Gasteiger partial charge in [0.2, 0.25) is 0 Å². The Bertz CT molecular complexity index is 285. The normalized spacial score (nSPS) is 17.0. The quantitative estimate of drug-likeness (QED) is 0.509. The molecule has 81 valence electrons. The monoisotopic (exact) mass is 205 g/mol. The van der Waals surface area contributed by atoms with Crippen LogP contribution in [0.2, 0.25) is 0 Å². The van der Waals surface area contributed by atoms with Crippen molar-refractivity contribution in [2.24, 2.45) is 0 Å². The van der Waals surface area contributed by atoms with Crippen LogP contribution >= 0.6 is 0 Å². The molecule has 1 rings (SSSR count). The Labute approximate surface area is 91.3 Å². The molecule has 0 unspecified atom stereocenters. The van der Waals surface area contributed by atoms with Crippen molar-refractivity contribution in [3.8, 4) is 0 Å². The second kappa shape index (κ2) is 7.04. The van der Waals surface area contributed by atoms with Crippen molar-refractivity contribution >= 4 is 5.97 Å². The molecule has 0 spiro atoms. The predicted molar refractivity (Wildman–Crippen MR) is 60.1 cm³/mol. The van der Waals surface area contributed by atoms with Gasteiger partial charge in [0.15, 0.2) is 0 Å². The molecule has 0 aromatic heterocycles. The number of carbonyl (C=O) groups is 1. The third-order valence-electron chi connectivity index (χ3n) is 2.11. The van der Waals surface area contributed by atoms with Gasteiger partial charge in [0.1, 0.15) is 0 Å². The lowest BCUT2D eigenvalue weighted by Crippen LogP contribution is -2.04. The summed E-state index contributed by atoms with van der Waals surface area (Å²) in [7, 11) is 0. The highest BCUT2D eigenvalue weighted by atomic mass is 16.5. The van der Waals surface area contributed by atoms with Crippen LogP contribution in [0.4, 0.5) is 0 Å². The van der Waals surface area contributed by atoms with Gasteiger partial charge < -0.3 is 4.74 Å². The number of allylic oxidation sites excluding steroid dienone is 5. The Hall–Kier alpha value is -1.31. The standard InChI is InChI=1S/C13H17O2/c1-2-3-11-15-13(14)10-9-12-7-5-4-6-8-12/h4-6,9H,2-3,7,10-11H2,1H3. The molecule has 0 fully saturated rings. The average molecular weight is 205 g/mol. The number of ether oxygens (including phenoxy) is 1. The Kier molecular flexibility index (Phi) is 5.52. The summed E-state index contributed by atoms with van der Waals surface area (Å²) in [5.41, 5.74) is 1.06. The van der Waals surface area contributed by atoms with Gasteiger partial charge in [0, 0.05) is 0 Å². The molecular weight excluding hydrogens is 188 g/mol. The van der Waals surface area contributed by atoms with Crippen molar-refractivity contribution in [3.63, 3.8) is 0 Å². The fourth-order valence-electron chi connectivity index (χ4n) is 1.22. The zero-order valence-corrected chi connectivity index (χ0v) is 9.16. The van der Waals surface area contributed by atoms with E-state index in [1.807, 2.05) is 24.3 Å². The van der Waals surface area contributed by atoms with E-state index in [2.05, 4.69) is 13.0 Å². The van der Waals surface area contributed by atoms with Gasteiger partial charge in [-0.2, -0.15) is 0 Å². The number of esters is 1. The second-order valence-corrected chi connectivity index (χ2v) is 3.45. The number of hydrogen-bond donors (Lipinski definition) is 0. The highest BCUT2D eigenvalue weighted by molar-refractivity contribution is 5.71.